The number of esters is 1. The molecule has 1 aromatic heterocycles. The first-order valence-electron chi connectivity index (χ1n) is 4.50. The fourth-order valence-electron chi connectivity index (χ4n) is 1.39. The Morgan fingerprint density at radius 3 is 2.81 bits per heavy atom. The van der Waals surface area contributed by atoms with Crippen LogP contribution in [0.4, 0.5) is 0 Å². The van der Waals surface area contributed by atoms with Crippen LogP contribution in [0.15, 0.2) is 16.9 Å². The topological polar surface area (TPSA) is 68.5 Å². The van der Waals surface area contributed by atoms with Crippen LogP contribution in [0.1, 0.15) is 6.92 Å². The lowest BCUT2D eigenvalue weighted by Crippen LogP contribution is -2.08. The van der Waals surface area contributed by atoms with Crippen molar-refractivity contribution in [1.29, 1.82) is 0 Å². The maximum absolute atomic E-state index is 11.6. The quantitative estimate of drug-likeness (QED) is 0.600. The van der Waals surface area contributed by atoms with Crippen molar-refractivity contribution in [2.75, 3.05) is 0 Å². The van der Waals surface area contributed by atoms with Gasteiger partial charge >= 0.3 is 5.97 Å². The molecule has 0 bridgehead atoms. The molecule has 0 aliphatic rings. The molecule has 1 heterocycles. The van der Waals surface area contributed by atoms with Gasteiger partial charge in [-0.05, 0) is 6.07 Å². The molecule has 2 rings (SSSR count). The molecular formula is C10H9NO4S. The molecule has 0 atom stereocenters. The van der Waals surface area contributed by atoms with Gasteiger partial charge < -0.3 is 9.84 Å². The van der Waals surface area contributed by atoms with Crippen molar-refractivity contribution >= 4 is 27.6 Å². The number of ether oxygens (including phenoxy) is 1. The van der Waals surface area contributed by atoms with Crippen molar-refractivity contribution in [2.45, 2.75) is 6.92 Å². The summed E-state index contributed by atoms with van der Waals surface area (Å²) in [6.45, 7) is 1.23. The third-order valence-corrected chi connectivity index (χ3v) is 3.04. The van der Waals surface area contributed by atoms with E-state index in [1.165, 1.54) is 34.5 Å². The van der Waals surface area contributed by atoms with Gasteiger partial charge in [0, 0.05) is 20.0 Å². The molecule has 5 nitrogen and oxygen atoms in total. The number of carbonyl (C=O) groups is 1. The van der Waals surface area contributed by atoms with E-state index in [2.05, 4.69) is 0 Å². The lowest BCUT2D eigenvalue weighted by Gasteiger charge is -2.02. The number of aromatic nitrogens is 1. The molecule has 0 spiro atoms. The third-order valence-electron chi connectivity index (χ3n) is 2.07. The van der Waals surface area contributed by atoms with E-state index in [9.17, 15) is 14.7 Å². The Morgan fingerprint density at radius 1 is 1.50 bits per heavy atom. The van der Waals surface area contributed by atoms with Crippen LogP contribution in [-0.4, -0.2) is 15.0 Å². The van der Waals surface area contributed by atoms with E-state index in [1.54, 1.807) is 7.05 Å². The molecule has 1 aromatic carbocycles. The summed E-state index contributed by atoms with van der Waals surface area (Å²) in [7, 11) is 1.63. The maximum Gasteiger partial charge on any atom is 0.308 e. The zero-order valence-corrected chi connectivity index (χ0v) is 9.50. The Bertz CT molecular complexity index is 626. The highest BCUT2D eigenvalue weighted by atomic mass is 32.1. The molecule has 0 amide bonds. The van der Waals surface area contributed by atoms with Crippen LogP contribution in [0.2, 0.25) is 0 Å². The molecule has 2 aromatic rings. The van der Waals surface area contributed by atoms with Gasteiger partial charge in [-0.25, -0.2) is 0 Å². The predicted octanol–water partition coefficient (Wildman–Crippen LogP) is 1.23. The van der Waals surface area contributed by atoms with Gasteiger partial charge in [-0.2, -0.15) is 0 Å². The van der Waals surface area contributed by atoms with Gasteiger partial charge in [-0.3, -0.25) is 13.5 Å². The average Bonchev–Trinajstić information content (AvgIpc) is 2.44. The molecule has 0 unspecified atom stereocenters. The number of carbonyl (C=O) groups excluding carboxylic acids is 1. The second-order valence-corrected chi connectivity index (χ2v) is 4.47. The minimum Gasteiger partial charge on any atom is -0.504 e. The Morgan fingerprint density at radius 2 is 2.19 bits per heavy atom. The highest BCUT2D eigenvalue weighted by Crippen LogP contribution is 2.32. The lowest BCUT2D eigenvalue weighted by molar-refractivity contribution is -0.132. The van der Waals surface area contributed by atoms with Crippen molar-refractivity contribution < 1.29 is 14.6 Å². The molecule has 0 fully saturated rings. The number of aryl methyl sites for hydroxylation is 1. The van der Waals surface area contributed by atoms with E-state index >= 15 is 0 Å². The van der Waals surface area contributed by atoms with Gasteiger partial charge in [-0.1, -0.05) is 11.5 Å². The van der Waals surface area contributed by atoms with Crippen molar-refractivity contribution in [2.24, 2.45) is 7.05 Å². The fourth-order valence-corrected chi connectivity index (χ4v) is 2.27. The van der Waals surface area contributed by atoms with Gasteiger partial charge in [0.25, 0.3) is 5.56 Å². The fraction of sp³-hybridized carbons (Fsp3) is 0.200. The number of phenols is 1. The van der Waals surface area contributed by atoms with Crippen LogP contribution in [0.5, 0.6) is 11.5 Å². The first kappa shape index (κ1) is 10.7. The Labute approximate surface area is 94.6 Å². The van der Waals surface area contributed by atoms with Crippen LogP contribution in [0.3, 0.4) is 0 Å². The summed E-state index contributed by atoms with van der Waals surface area (Å²) >= 11 is 1.22. The normalized spacial score (nSPS) is 10.6. The minimum absolute atomic E-state index is 0.00972. The second kappa shape index (κ2) is 3.64. The zero-order valence-electron chi connectivity index (χ0n) is 8.68. The standard InChI is InChI=1S/C10H9NO4S/c1-5(12)15-8-3-6-9(4-7(8)13)16-11(2)10(6)14/h3-4,13H,1-2H3. The molecule has 84 valence electrons. The summed E-state index contributed by atoms with van der Waals surface area (Å²) in [5.74, 6) is -0.679. The molecule has 0 aliphatic carbocycles. The largest absolute Gasteiger partial charge is 0.504 e. The summed E-state index contributed by atoms with van der Waals surface area (Å²) in [6.07, 6.45) is 0. The molecule has 0 saturated carbocycles. The van der Waals surface area contributed by atoms with Crippen LogP contribution in [0.25, 0.3) is 10.1 Å². The molecule has 16 heavy (non-hydrogen) atoms. The van der Waals surface area contributed by atoms with E-state index in [0.717, 1.165) is 0 Å². The number of nitrogens with zero attached hydrogens (tertiary/aromatic N) is 1. The highest BCUT2D eigenvalue weighted by Gasteiger charge is 2.12. The predicted molar refractivity (Wildman–Crippen MR) is 60.0 cm³/mol. The summed E-state index contributed by atoms with van der Waals surface area (Å²) in [6, 6.07) is 2.80. The third kappa shape index (κ3) is 1.67. The van der Waals surface area contributed by atoms with Crippen LogP contribution < -0.4 is 10.3 Å². The molecule has 1 N–H and O–H groups in total. The first-order valence-corrected chi connectivity index (χ1v) is 5.28. The van der Waals surface area contributed by atoms with Gasteiger partial charge in [0.15, 0.2) is 11.5 Å². The van der Waals surface area contributed by atoms with Gasteiger partial charge in [0.1, 0.15) is 0 Å². The smallest absolute Gasteiger partial charge is 0.308 e. The molecule has 0 radical (unpaired) electrons. The van der Waals surface area contributed by atoms with Crippen LogP contribution >= 0.6 is 11.5 Å². The summed E-state index contributed by atoms with van der Waals surface area (Å²) in [4.78, 5) is 22.4. The van der Waals surface area contributed by atoms with E-state index in [4.69, 9.17) is 4.74 Å². The number of phenolic OH excluding ortho intramolecular Hbond substituents is 1. The number of rotatable bonds is 1. The van der Waals surface area contributed by atoms with E-state index in [0.29, 0.717) is 10.1 Å². The van der Waals surface area contributed by atoms with E-state index < -0.39 is 5.97 Å². The monoisotopic (exact) mass is 239 g/mol. The van der Waals surface area contributed by atoms with Crippen LogP contribution in [0, 0.1) is 0 Å². The maximum atomic E-state index is 11.6. The van der Waals surface area contributed by atoms with Crippen molar-refractivity contribution in [1.82, 2.24) is 3.96 Å². The Hall–Kier alpha value is -1.82. The van der Waals surface area contributed by atoms with Gasteiger partial charge in [0.05, 0.1) is 10.1 Å². The molecule has 0 aliphatic heterocycles. The van der Waals surface area contributed by atoms with Gasteiger partial charge in [0.2, 0.25) is 0 Å². The number of fused-ring (bicyclic) bond motifs is 1. The van der Waals surface area contributed by atoms with E-state index in [-0.39, 0.29) is 17.1 Å². The number of hydrogen-bond donors (Lipinski definition) is 1. The van der Waals surface area contributed by atoms with Crippen molar-refractivity contribution in [3.63, 3.8) is 0 Å². The highest BCUT2D eigenvalue weighted by molar-refractivity contribution is 7.13. The average molecular weight is 239 g/mol. The van der Waals surface area contributed by atoms with Crippen molar-refractivity contribution in [3.8, 4) is 11.5 Å². The molecular weight excluding hydrogens is 230 g/mol. The Kier molecular flexibility index (Phi) is 2.43. The van der Waals surface area contributed by atoms with E-state index in [1.807, 2.05) is 0 Å². The molecule has 0 saturated heterocycles. The second-order valence-electron chi connectivity index (χ2n) is 3.30. The Balaban J connectivity index is 2.69. The van der Waals surface area contributed by atoms with Gasteiger partial charge in [-0.15, -0.1) is 0 Å². The van der Waals surface area contributed by atoms with Crippen molar-refractivity contribution in [3.05, 3.63) is 22.5 Å². The first-order chi connectivity index (χ1) is 7.49. The number of benzene rings is 1. The number of hydrogen-bond acceptors (Lipinski definition) is 5. The number of aromatic hydroxyl groups is 1. The lowest BCUT2D eigenvalue weighted by atomic mass is 10.2. The SMILES string of the molecule is CC(=O)Oc1cc2c(=O)n(C)sc2cc1O. The molecule has 6 heteroatoms. The summed E-state index contributed by atoms with van der Waals surface area (Å²) in [5.41, 5.74) is -0.173. The zero-order chi connectivity index (χ0) is 11.9. The van der Waals surface area contributed by atoms with Crippen LogP contribution in [-0.2, 0) is 11.8 Å². The summed E-state index contributed by atoms with van der Waals surface area (Å²) in [5, 5.41) is 10.0. The summed E-state index contributed by atoms with van der Waals surface area (Å²) < 4.78 is 6.88. The minimum atomic E-state index is -0.540.